The van der Waals surface area contributed by atoms with Gasteiger partial charge < -0.3 is 5.32 Å². The molecule has 0 saturated heterocycles. The van der Waals surface area contributed by atoms with Crippen molar-refractivity contribution in [2.45, 2.75) is 6.42 Å². The average Bonchev–Trinajstić information content (AvgIpc) is 2.92. The van der Waals surface area contributed by atoms with Crippen molar-refractivity contribution in [2.24, 2.45) is 0 Å². The van der Waals surface area contributed by atoms with Crippen molar-refractivity contribution in [1.82, 2.24) is 10.3 Å². The van der Waals surface area contributed by atoms with Crippen molar-refractivity contribution in [2.75, 3.05) is 6.54 Å². The molecule has 0 aliphatic rings. The van der Waals surface area contributed by atoms with Crippen LogP contribution in [0.1, 0.15) is 20.9 Å². The van der Waals surface area contributed by atoms with E-state index in [1.54, 1.807) is 41.8 Å². The van der Waals surface area contributed by atoms with Crippen molar-refractivity contribution in [3.05, 3.63) is 52.0 Å². The summed E-state index contributed by atoms with van der Waals surface area (Å²) in [6.45, 7) is 0.545. The van der Waals surface area contributed by atoms with Crippen LogP contribution in [0.2, 0.25) is 0 Å². The van der Waals surface area contributed by atoms with Gasteiger partial charge in [0.05, 0.1) is 16.6 Å². The molecule has 1 N–H and O–H groups in total. The molecule has 0 fully saturated rings. The number of carbonyl (C=O) groups is 1. The summed E-state index contributed by atoms with van der Waals surface area (Å²) in [6, 6.07) is 8.66. The lowest BCUT2D eigenvalue weighted by Crippen LogP contribution is -2.25. The summed E-state index contributed by atoms with van der Waals surface area (Å²) in [6.07, 6.45) is 2.47. The topological polar surface area (TPSA) is 65.8 Å². The fourth-order valence-electron chi connectivity index (χ4n) is 1.49. The van der Waals surface area contributed by atoms with Gasteiger partial charge in [-0.25, -0.2) is 4.98 Å². The zero-order valence-corrected chi connectivity index (χ0v) is 10.4. The summed E-state index contributed by atoms with van der Waals surface area (Å²) in [5.74, 6) is -0.163. The minimum absolute atomic E-state index is 0.163. The lowest BCUT2D eigenvalue weighted by Gasteiger charge is -2.04. The number of hydrogen-bond donors (Lipinski definition) is 1. The van der Waals surface area contributed by atoms with Crippen LogP contribution in [0.15, 0.2) is 35.8 Å². The van der Waals surface area contributed by atoms with Gasteiger partial charge in [-0.05, 0) is 18.2 Å². The first-order chi connectivity index (χ1) is 8.79. The Morgan fingerprint density at radius 1 is 1.50 bits per heavy atom. The van der Waals surface area contributed by atoms with Gasteiger partial charge in [0.25, 0.3) is 5.91 Å². The van der Waals surface area contributed by atoms with Gasteiger partial charge in [-0.2, -0.15) is 5.26 Å². The van der Waals surface area contributed by atoms with Crippen LogP contribution in [0, 0.1) is 11.3 Å². The van der Waals surface area contributed by atoms with E-state index in [1.165, 1.54) is 0 Å². The summed E-state index contributed by atoms with van der Waals surface area (Å²) in [5.41, 5.74) is 0.996. The van der Waals surface area contributed by atoms with Gasteiger partial charge in [0.1, 0.15) is 0 Å². The van der Waals surface area contributed by atoms with Crippen LogP contribution in [0.5, 0.6) is 0 Å². The van der Waals surface area contributed by atoms with E-state index in [0.717, 1.165) is 11.4 Å². The standard InChI is InChI=1S/C13H11N3OS/c14-9-10-2-1-3-11(8-10)13(17)16-5-4-12-15-6-7-18-12/h1-3,6-8H,4-5H2,(H,16,17). The molecule has 1 amide bonds. The smallest absolute Gasteiger partial charge is 0.251 e. The Hall–Kier alpha value is -2.19. The maximum Gasteiger partial charge on any atom is 0.251 e. The van der Waals surface area contributed by atoms with Crippen LogP contribution in [0.3, 0.4) is 0 Å². The van der Waals surface area contributed by atoms with Crippen LogP contribution in [-0.2, 0) is 6.42 Å². The first-order valence-electron chi connectivity index (χ1n) is 5.46. The molecule has 1 aromatic carbocycles. The van der Waals surface area contributed by atoms with Crippen molar-refractivity contribution in [3.63, 3.8) is 0 Å². The Balaban J connectivity index is 1.89. The zero-order valence-electron chi connectivity index (χ0n) is 9.59. The Kier molecular flexibility index (Phi) is 4.05. The number of benzene rings is 1. The van der Waals surface area contributed by atoms with Crippen molar-refractivity contribution < 1.29 is 4.79 Å². The predicted octanol–water partition coefficient (Wildman–Crippen LogP) is 1.99. The third-order valence-corrected chi connectivity index (χ3v) is 3.20. The van der Waals surface area contributed by atoms with E-state index in [1.807, 2.05) is 11.4 Å². The number of nitrogens with one attached hydrogen (secondary N) is 1. The van der Waals surface area contributed by atoms with Gasteiger partial charge >= 0.3 is 0 Å². The van der Waals surface area contributed by atoms with Crippen LogP contribution in [-0.4, -0.2) is 17.4 Å². The van der Waals surface area contributed by atoms with E-state index in [4.69, 9.17) is 5.26 Å². The minimum atomic E-state index is -0.163. The fourth-order valence-corrected chi connectivity index (χ4v) is 2.11. The second kappa shape index (κ2) is 5.94. The largest absolute Gasteiger partial charge is 0.352 e. The Bertz CT molecular complexity index is 572. The number of amides is 1. The molecule has 0 unspecified atom stereocenters. The number of thiazole rings is 1. The van der Waals surface area contributed by atoms with Gasteiger partial charge in [0, 0.05) is 30.1 Å². The maximum atomic E-state index is 11.8. The molecule has 0 radical (unpaired) electrons. The van der Waals surface area contributed by atoms with Crippen LogP contribution in [0.4, 0.5) is 0 Å². The molecule has 0 bridgehead atoms. The lowest BCUT2D eigenvalue weighted by molar-refractivity contribution is 0.0954. The molecule has 18 heavy (non-hydrogen) atoms. The highest BCUT2D eigenvalue weighted by Crippen LogP contribution is 2.05. The highest BCUT2D eigenvalue weighted by Gasteiger charge is 2.05. The molecule has 1 heterocycles. The first-order valence-corrected chi connectivity index (χ1v) is 6.34. The normalized spacial score (nSPS) is 9.72. The van der Waals surface area contributed by atoms with Crippen LogP contribution < -0.4 is 5.32 Å². The number of rotatable bonds is 4. The van der Waals surface area contributed by atoms with Crippen molar-refractivity contribution in [3.8, 4) is 6.07 Å². The molecule has 90 valence electrons. The summed E-state index contributed by atoms with van der Waals surface area (Å²) in [7, 11) is 0. The number of hydrogen-bond acceptors (Lipinski definition) is 4. The molecule has 0 atom stereocenters. The van der Waals surface area contributed by atoms with E-state index in [-0.39, 0.29) is 5.91 Å². The summed E-state index contributed by atoms with van der Waals surface area (Å²) in [4.78, 5) is 15.9. The predicted molar refractivity (Wildman–Crippen MR) is 69.3 cm³/mol. The summed E-state index contributed by atoms with van der Waals surface area (Å²) >= 11 is 1.57. The van der Waals surface area contributed by atoms with Gasteiger partial charge in [-0.15, -0.1) is 11.3 Å². The number of aromatic nitrogens is 1. The average molecular weight is 257 g/mol. The van der Waals surface area contributed by atoms with Crippen molar-refractivity contribution >= 4 is 17.2 Å². The lowest BCUT2D eigenvalue weighted by atomic mass is 10.1. The number of carbonyl (C=O) groups excluding carboxylic acids is 1. The maximum absolute atomic E-state index is 11.8. The third kappa shape index (κ3) is 3.15. The third-order valence-electron chi connectivity index (χ3n) is 2.36. The highest BCUT2D eigenvalue weighted by molar-refractivity contribution is 7.09. The van der Waals surface area contributed by atoms with Gasteiger partial charge in [0.15, 0.2) is 0 Å². The molecular formula is C13H11N3OS. The molecule has 2 aromatic rings. The van der Waals surface area contributed by atoms with E-state index in [0.29, 0.717) is 17.7 Å². The molecule has 0 saturated carbocycles. The zero-order chi connectivity index (χ0) is 12.8. The molecule has 4 nitrogen and oxygen atoms in total. The monoisotopic (exact) mass is 257 g/mol. The Morgan fingerprint density at radius 2 is 2.39 bits per heavy atom. The Morgan fingerprint density at radius 3 is 3.11 bits per heavy atom. The molecule has 0 aliphatic carbocycles. The number of nitriles is 1. The fraction of sp³-hybridized carbons (Fsp3) is 0.154. The molecule has 0 aliphatic heterocycles. The van der Waals surface area contributed by atoms with Gasteiger partial charge in [-0.1, -0.05) is 6.07 Å². The van der Waals surface area contributed by atoms with Crippen molar-refractivity contribution in [1.29, 1.82) is 5.26 Å². The molecule has 1 aromatic heterocycles. The summed E-state index contributed by atoms with van der Waals surface area (Å²) in [5, 5.41) is 14.5. The SMILES string of the molecule is N#Cc1cccc(C(=O)NCCc2nccs2)c1. The van der Waals surface area contributed by atoms with Crippen LogP contribution in [0.25, 0.3) is 0 Å². The molecule has 5 heteroatoms. The van der Waals surface area contributed by atoms with E-state index < -0.39 is 0 Å². The number of nitrogens with zero attached hydrogens (tertiary/aromatic N) is 2. The van der Waals surface area contributed by atoms with E-state index >= 15 is 0 Å². The first kappa shape index (κ1) is 12.3. The van der Waals surface area contributed by atoms with Gasteiger partial charge in [0.2, 0.25) is 0 Å². The minimum Gasteiger partial charge on any atom is -0.352 e. The molecule has 0 spiro atoms. The van der Waals surface area contributed by atoms with E-state index in [2.05, 4.69) is 10.3 Å². The quantitative estimate of drug-likeness (QED) is 0.910. The second-order valence-electron chi connectivity index (χ2n) is 3.62. The van der Waals surface area contributed by atoms with Gasteiger partial charge in [-0.3, -0.25) is 4.79 Å². The Labute approximate surface area is 109 Å². The second-order valence-corrected chi connectivity index (χ2v) is 4.60. The highest BCUT2D eigenvalue weighted by atomic mass is 32.1. The molecule has 2 rings (SSSR count). The van der Waals surface area contributed by atoms with Crippen LogP contribution >= 0.6 is 11.3 Å². The van der Waals surface area contributed by atoms with E-state index in [9.17, 15) is 4.79 Å². The molecular weight excluding hydrogens is 246 g/mol. The summed E-state index contributed by atoms with van der Waals surface area (Å²) < 4.78 is 0.